The van der Waals surface area contributed by atoms with Gasteiger partial charge in [-0.3, -0.25) is 0 Å². The Balaban J connectivity index is 2.44. The third kappa shape index (κ3) is 4.72. The Morgan fingerprint density at radius 2 is 2.11 bits per heavy atom. The number of carboxylic acids is 1. The average Bonchev–Trinajstić information content (AvgIpc) is 2.33. The summed E-state index contributed by atoms with van der Waals surface area (Å²) in [7, 11) is 0. The summed E-state index contributed by atoms with van der Waals surface area (Å²) in [5.41, 5.74) is 0.871. The first-order chi connectivity index (χ1) is 8.52. The van der Waals surface area contributed by atoms with Crippen molar-refractivity contribution in [2.75, 3.05) is 6.61 Å². The predicted octanol–water partition coefficient (Wildman–Crippen LogP) is 0.694. The Morgan fingerprint density at radius 1 is 1.39 bits per heavy atom. The summed E-state index contributed by atoms with van der Waals surface area (Å²) in [6.45, 7) is -0.386. The van der Waals surface area contributed by atoms with Crippen LogP contribution in [0.15, 0.2) is 28.7 Å². The molecule has 1 rings (SSSR count). The van der Waals surface area contributed by atoms with Crippen molar-refractivity contribution in [1.29, 1.82) is 0 Å². The molecule has 0 aliphatic heterocycles. The minimum atomic E-state index is -1.30. The fraction of sp³-hybridized carbons (Fsp3) is 0.273. The lowest BCUT2D eigenvalue weighted by atomic mass is 10.2. The van der Waals surface area contributed by atoms with Gasteiger partial charge in [-0.2, -0.15) is 0 Å². The fourth-order valence-electron chi connectivity index (χ4n) is 1.22. The summed E-state index contributed by atoms with van der Waals surface area (Å²) in [5, 5.41) is 22.0. The lowest BCUT2D eigenvalue weighted by Gasteiger charge is -2.12. The monoisotopic (exact) mass is 316 g/mol. The molecule has 1 aromatic carbocycles. The molecule has 0 saturated heterocycles. The molecular formula is C11H13BrN2O4. The van der Waals surface area contributed by atoms with Crippen LogP contribution in [0.25, 0.3) is 0 Å². The van der Waals surface area contributed by atoms with Crippen molar-refractivity contribution >= 4 is 27.9 Å². The Morgan fingerprint density at radius 3 is 2.67 bits per heavy atom. The molecule has 2 amide bonds. The van der Waals surface area contributed by atoms with Gasteiger partial charge in [-0.15, -0.1) is 0 Å². The number of carbonyl (C=O) groups is 2. The maximum atomic E-state index is 11.4. The number of urea groups is 1. The molecule has 0 aromatic heterocycles. The van der Waals surface area contributed by atoms with Crippen LogP contribution in [-0.4, -0.2) is 34.9 Å². The maximum Gasteiger partial charge on any atom is 0.328 e. The molecule has 0 aliphatic rings. The molecule has 7 heteroatoms. The molecule has 1 atom stereocenters. The van der Waals surface area contributed by atoms with Crippen LogP contribution >= 0.6 is 15.9 Å². The molecule has 4 N–H and O–H groups in total. The van der Waals surface area contributed by atoms with Crippen LogP contribution < -0.4 is 10.6 Å². The van der Waals surface area contributed by atoms with E-state index in [0.717, 1.165) is 10.0 Å². The van der Waals surface area contributed by atoms with E-state index in [9.17, 15) is 9.59 Å². The van der Waals surface area contributed by atoms with Crippen LogP contribution in [0.2, 0.25) is 0 Å². The quantitative estimate of drug-likeness (QED) is 0.642. The van der Waals surface area contributed by atoms with Crippen molar-refractivity contribution < 1.29 is 19.8 Å². The highest BCUT2D eigenvalue weighted by Gasteiger charge is 2.18. The molecule has 0 saturated carbocycles. The molecule has 18 heavy (non-hydrogen) atoms. The number of rotatable bonds is 5. The van der Waals surface area contributed by atoms with Crippen molar-refractivity contribution in [3.8, 4) is 0 Å². The summed E-state index contributed by atoms with van der Waals surface area (Å²) >= 11 is 3.30. The fourth-order valence-corrected chi connectivity index (χ4v) is 1.67. The number of amides is 2. The number of aliphatic hydroxyl groups excluding tert-OH is 1. The number of nitrogens with one attached hydrogen (secondary N) is 2. The van der Waals surface area contributed by atoms with Gasteiger partial charge in [0.05, 0.1) is 6.61 Å². The average molecular weight is 317 g/mol. The van der Waals surface area contributed by atoms with Gasteiger partial charge in [0.25, 0.3) is 0 Å². The van der Waals surface area contributed by atoms with E-state index < -0.39 is 24.6 Å². The summed E-state index contributed by atoms with van der Waals surface area (Å²) in [6.07, 6.45) is 0. The zero-order valence-electron chi connectivity index (χ0n) is 9.39. The zero-order valence-corrected chi connectivity index (χ0v) is 11.0. The molecule has 0 unspecified atom stereocenters. The molecule has 0 radical (unpaired) electrons. The summed E-state index contributed by atoms with van der Waals surface area (Å²) in [4.78, 5) is 21.9. The van der Waals surface area contributed by atoms with E-state index in [0.29, 0.717) is 0 Å². The molecule has 0 aliphatic carbocycles. The van der Waals surface area contributed by atoms with Gasteiger partial charge in [-0.05, 0) is 17.7 Å². The lowest BCUT2D eigenvalue weighted by molar-refractivity contribution is -0.140. The largest absolute Gasteiger partial charge is 0.480 e. The summed E-state index contributed by atoms with van der Waals surface area (Å²) in [6, 6.07) is 5.40. The number of hydrogen-bond acceptors (Lipinski definition) is 3. The molecule has 0 bridgehead atoms. The Kier molecular flexibility index (Phi) is 5.60. The van der Waals surface area contributed by atoms with Gasteiger partial charge >= 0.3 is 12.0 Å². The smallest absolute Gasteiger partial charge is 0.328 e. The van der Waals surface area contributed by atoms with Crippen LogP contribution in [0.5, 0.6) is 0 Å². The number of benzene rings is 1. The second-order valence-corrected chi connectivity index (χ2v) is 4.45. The number of carboxylic acid groups (broad SMARTS) is 1. The third-order valence-corrected chi connectivity index (χ3v) is 2.62. The summed E-state index contributed by atoms with van der Waals surface area (Å²) in [5.74, 6) is -1.28. The lowest BCUT2D eigenvalue weighted by Crippen LogP contribution is -2.47. The minimum absolute atomic E-state index is 0.267. The first-order valence-electron chi connectivity index (χ1n) is 5.15. The second-order valence-electron chi connectivity index (χ2n) is 3.53. The van der Waals surface area contributed by atoms with Gasteiger partial charge in [-0.1, -0.05) is 28.1 Å². The first kappa shape index (κ1) is 14.5. The Labute approximate surface area is 112 Å². The van der Waals surface area contributed by atoms with Gasteiger partial charge in [0.15, 0.2) is 6.04 Å². The van der Waals surface area contributed by atoms with Crippen molar-refractivity contribution in [2.24, 2.45) is 0 Å². The van der Waals surface area contributed by atoms with Gasteiger partial charge in [0, 0.05) is 11.0 Å². The number of aliphatic carboxylic acids is 1. The van der Waals surface area contributed by atoms with Crippen LogP contribution in [0.1, 0.15) is 5.56 Å². The Bertz CT molecular complexity index is 439. The zero-order chi connectivity index (χ0) is 13.5. The van der Waals surface area contributed by atoms with Gasteiger partial charge < -0.3 is 20.8 Å². The van der Waals surface area contributed by atoms with Gasteiger partial charge in [0.1, 0.15) is 0 Å². The van der Waals surface area contributed by atoms with E-state index in [-0.39, 0.29) is 6.54 Å². The highest BCUT2D eigenvalue weighted by Crippen LogP contribution is 2.11. The van der Waals surface area contributed by atoms with Crippen molar-refractivity contribution in [3.63, 3.8) is 0 Å². The van der Waals surface area contributed by atoms with E-state index in [2.05, 4.69) is 26.6 Å². The molecule has 98 valence electrons. The predicted molar refractivity (Wildman–Crippen MR) is 68.0 cm³/mol. The first-order valence-corrected chi connectivity index (χ1v) is 5.94. The van der Waals surface area contributed by atoms with Crippen molar-refractivity contribution in [2.45, 2.75) is 12.6 Å². The standard InChI is InChI=1S/C11H13BrN2O4/c12-8-3-1-2-7(4-8)5-13-11(18)14-9(6-15)10(16)17/h1-4,9,15H,5-6H2,(H,16,17)(H2,13,14,18)/t9-/m0/s1. The second kappa shape index (κ2) is 6.97. The van der Waals surface area contributed by atoms with E-state index in [1.54, 1.807) is 0 Å². The SMILES string of the molecule is O=C(NCc1cccc(Br)c1)N[C@@H](CO)C(=O)O. The normalized spacial score (nSPS) is 11.7. The highest BCUT2D eigenvalue weighted by molar-refractivity contribution is 9.10. The van der Waals surface area contributed by atoms with Gasteiger partial charge in [0.2, 0.25) is 0 Å². The minimum Gasteiger partial charge on any atom is -0.480 e. The van der Waals surface area contributed by atoms with Crippen LogP contribution in [0.4, 0.5) is 4.79 Å². The molecule has 0 fully saturated rings. The maximum absolute atomic E-state index is 11.4. The van der Waals surface area contributed by atoms with Crippen LogP contribution in [0, 0.1) is 0 Å². The van der Waals surface area contributed by atoms with Crippen LogP contribution in [0.3, 0.4) is 0 Å². The highest BCUT2D eigenvalue weighted by atomic mass is 79.9. The van der Waals surface area contributed by atoms with Gasteiger partial charge in [-0.25, -0.2) is 9.59 Å². The number of hydrogen-bond donors (Lipinski definition) is 4. The van der Waals surface area contributed by atoms with E-state index >= 15 is 0 Å². The number of halogens is 1. The van der Waals surface area contributed by atoms with E-state index in [1.165, 1.54) is 0 Å². The Hall–Kier alpha value is -1.60. The van der Waals surface area contributed by atoms with Crippen molar-refractivity contribution in [3.05, 3.63) is 34.3 Å². The molecule has 0 spiro atoms. The molecular weight excluding hydrogens is 304 g/mol. The number of aliphatic hydroxyl groups is 1. The van der Waals surface area contributed by atoms with Crippen molar-refractivity contribution in [1.82, 2.24) is 10.6 Å². The molecule has 1 aromatic rings. The topological polar surface area (TPSA) is 98.7 Å². The van der Waals surface area contributed by atoms with E-state index in [1.807, 2.05) is 24.3 Å². The number of carbonyl (C=O) groups excluding carboxylic acids is 1. The molecule has 0 heterocycles. The third-order valence-electron chi connectivity index (χ3n) is 2.13. The summed E-state index contributed by atoms with van der Waals surface area (Å²) < 4.78 is 0.890. The van der Waals surface area contributed by atoms with Crippen LogP contribution in [-0.2, 0) is 11.3 Å². The molecule has 6 nitrogen and oxygen atoms in total. The van der Waals surface area contributed by atoms with E-state index in [4.69, 9.17) is 10.2 Å².